The Morgan fingerprint density at radius 2 is 1.69 bits per heavy atom. The SMILES string of the molecule is Oc1ccccc1[Si]1CCCCC1. The molecule has 1 radical (unpaired) electrons. The Kier molecular flexibility index (Phi) is 2.69. The first-order valence-electron chi connectivity index (χ1n) is 5.01. The topological polar surface area (TPSA) is 20.2 Å². The highest BCUT2D eigenvalue weighted by molar-refractivity contribution is 6.74. The lowest BCUT2D eigenvalue weighted by molar-refractivity contribution is 0.479. The monoisotopic (exact) mass is 191 g/mol. The Bertz CT molecular complexity index is 279. The summed E-state index contributed by atoms with van der Waals surface area (Å²) in [5, 5.41) is 10.9. The van der Waals surface area contributed by atoms with Crippen LogP contribution in [0.4, 0.5) is 0 Å². The van der Waals surface area contributed by atoms with Gasteiger partial charge in [-0.25, -0.2) is 0 Å². The van der Waals surface area contributed by atoms with Crippen LogP contribution in [0, 0.1) is 0 Å². The largest absolute Gasteiger partial charge is 0.508 e. The Balaban J connectivity index is 2.18. The van der Waals surface area contributed by atoms with Crippen molar-refractivity contribution < 1.29 is 5.11 Å². The quantitative estimate of drug-likeness (QED) is 0.675. The third-order valence-electron chi connectivity index (χ3n) is 2.74. The number of aromatic hydroxyl groups is 1. The zero-order valence-electron chi connectivity index (χ0n) is 7.79. The van der Waals surface area contributed by atoms with Crippen molar-refractivity contribution in [2.45, 2.75) is 31.4 Å². The molecular weight excluding hydrogens is 176 g/mol. The summed E-state index contributed by atoms with van der Waals surface area (Å²) in [6.45, 7) is 0. The number of benzene rings is 1. The minimum atomic E-state index is -0.406. The predicted molar refractivity (Wildman–Crippen MR) is 57.0 cm³/mol. The molecular formula is C11H15OSi. The third kappa shape index (κ3) is 1.94. The molecule has 69 valence electrons. The fourth-order valence-electron chi connectivity index (χ4n) is 2.02. The van der Waals surface area contributed by atoms with E-state index >= 15 is 0 Å². The summed E-state index contributed by atoms with van der Waals surface area (Å²) in [5.41, 5.74) is 0. The van der Waals surface area contributed by atoms with Gasteiger partial charge in [0.05, 0.1) is 8.80 Å². The number of phenols is 1. The first-order valence-corrected chi connectivity index (χ1v) is 6.92. The van der Waals surface area contributed by atoms with Gasteiger partial charge >= 0.3 is 0 Å². The van der Waals surface area contributed by atoms with E-state index in [1.54, 1.807) is 0 Å². The summed E-state index contributed by atoms with van der Waals surface area (Å²) < 4.78 is 0. The van der Waals surface area contributed by atoms with Crippen molar-refractivity contribution in [3.05, 3.63) is 24.3 Å². The molecule has 0 aliphatic carbocycles. The van der Waals surface area contributed by atoms with E-state index in [1.807, 2.05) is 18.2 Å². The van der Waals surface area contributed by atoms with Crippen molar-refractivity contribution in [1.29, 1.82) is 0 Å². The first-order chi connectivity index (χ1) is 6.38. The molecule has 1 heterocycles. The van der Waals surface area contributed by atoms with Crippen LogP contribution >= 0.6 is 0 Å². The third-order valence-corrected chi connectivity index (χ3v) is 5.84. The molecule has 1 aliphatic rings. The van der Waals surface area contributed by atoms with Crippen molar-refractivity contribution in [1.82, 2.24) is 0 Å². The fourth-order valence-corrected chi connectivity index (χ4v) is 4.94. The van der Waals surface area contributed by atoms with Gasteiger partial charge in [0.2, 0.25) is 0 Å². The number of phenolic OH excluding ortho intramolecular Hbond substituents is 1. The molecule has 1 aromatic rings. The van der Waals surface area contributed by atoms with Gasteiger partial charge in [-0.1, -0.05) is 49.5 Å². The Morgan fingerprint density at radius 3 is 2.38 bits per heavy atom. The molecule has 1 saturated heterocycles. The smallest absolute Gasteiger partial charge is 0.114 e. The Morgan fingerprint density at radius 1 is 1.00 bits per heavy atom. The molecule has 0 saturated carbocycles. The summed E-state index contributed by atoms with van der Waals surface area (Å²) in [7, 11) is -0.406. The minimum Gasteiger partial charge on any atom is -0.508 e. The van der Waals surface area contributed by atoms with Gasteiger partial charge < -0.3 is 5.11 Å². The number of para-hydroxylation sites is 1. The average Bonchev–Trinajstić information content (AvgIpc) is 2.20. The van der Waals surface area contributed by atoms with Crippen molar-refractivity contribution >= 4 is 14.0 Å². The lowest BCUT2D eigenvalue weighted by Crippen LogP contribution is -2.31. The van der Waals surface area contributed by atoms with Gasteiger partial charge in [0.25, 0.3) is 0 Å². The molecule has 0 unspecified atom stereocenters. The molecule has 0 spiro atoms. The van der Waals surface area contributed by atoms with E-state index in [0.29, 0.717) is 5.75 Å². The first kappa shape index (κ1) is 8.82. The van der Waals surface area contributed by atoms with Crippen LogP contribution in [0.1, 0.15) is 19.3 Å². The minimum absolute atomic E-state index is 0.406. The average molecular weight is 191 g/mol. The molecule has 0 bridgehead atoms. The highest BCUT2D eigenvalue weighted by atomic mass is 28.3. The maximum absolute atomic E-state index is 9.69. The van der Waals surface area contributed by atoms with Crippen molar-refractivity contribution in [2.75, 3.05) is 0 Å². The van der Waals surface area contributed by atoms with E-state index in [-0.39, 0.29) is 0 Å². The highest BCUT2D eigenvalue weighted by Crippen LogP contribution is 2.20. The maximum atomic E-state index is 9.69. The zero-order valence-corrected chi connectivity index (χ0v) is 8.79. The molecule has 13 heavy (non-hydrogen) atoms. The molecule has 2 rings (SSSR count). The second-order valence-corrected chi connectivity index (χ2v) is 6.43. The van der Waals surface area contributed by atoms with Crippen molar-refractivity contribution in [2.24, 2.45) is 0 Å². The van der Waals surface area contributed by atoms with Crippen LogP contribution in [-0.4, -0.2) is 13.9 Å². The summed E-state index contributed by atoms with van der Waals surface area (Å²) in [6, 6.07) is 10.6. The van der Waals surface area contributed by atoms with Gasteiger partial charge in [-0.05, 0) is 11.3 Å². The predicted octanol–water partition coefficient (Wildman–Crippen LogP) is 2.28. The van der Waals surface area contributed by atoms with Crippen LogP contribution in [0.15, 0.2) is 24.3 Å². The maximum Gasteiger partial charge on any atom is 0.114 e. The van der Waals surface area contributed by atoms with Crippen LogP contribution in [0.25, 0.3) is 0 Å². The van der Waals surface area contributed by atoms with Crippen LogP contribution < -0.4 is 5.19 Å². The molecule has 0 amide bonds. The Labute approximate surface area is 81.0 Å². The summed E-state index contributed by atoms with van der Waals surface area (Å²) in [6.07, 6.45) is 4.12. The second-order valence-electron chi connectivity index (χ2n) is 3.68. The molecule has 0 aromatic heterocycles. The molecule has 1 nitrogen and oxygen atoms in total. The van der Waals surface area contributed by atoms with E-state index in [9.17, 15) is 5.11 Å². The molecule has 1 aromatic carbocycles. The molecule has 0 atom stereocenters. The van der Waals surface area contributed by atoms with E-state index in [0.717, 1.165) is 0 Å². The van der Waals surface area contributed by atoms with E-state index in [2.05, 4.69) is 6.07 Å². The molecule has 2 heteroatoms. The number of hydrogen-bond acceptors (Lipinski definition) is 1. The lowest BCUT2D eigenvalue weighted by atomic mass is 10.3. The van der Waals surface area contributed by atoms with Gasteiger partial charge in [0, 0.05) is 0 Å². The van der Waals surface area contributed by atoms with Crippen LogP contribution in [-0.2, 0) is 0 Å². The number of hydrogen-bond donors (Lipinski definition) is 1. The molecule has 1 fully saturated rings. The van der Waals surface area contributed by atoms with Crippen molar-refractivity contribution in [3.63, 3.8) is 0 Å². The Hall–Kier alpha value is -0.763. The highest BCUT2D eigenvalue weighted by Gasteiger charge is 2.19. The van der Waals surface area contributed by atoms with Crippen molar-refractivity contribution in [3.8, 4) is 5.75 Å². The van der Waals surface area contributed by atoms with Gasteiger partial charge in [0.1, 0.15) is 5.75 Å². The van der Waals surface area contributed by atoms with E-state index in [1.165, 1.54) is 36.5 Å². The van der Waals surface area contributed by atoms with Crippen LogP contribution in [0.3, 0.4) is 0 Å². The van der Waals surface area contributed by atoms with Gasteiger partial charge in [0.15, 0.2) is 0 Å². The van der Waals surface area contributed by atoms with Gasteiger partial charge in [-0.3, -0.25) is 0 Å². The van der Waals surface area contributed by atoms with Gasteiger partial charge in [-0.15, -0.1) is 0 Å². The second kappa shape index (κ2) is 3.96. The standard InChI is InChI=1S/C11H15OSi/c12-10-6-2-3-7-11(10)13-8-4-1-5-9-13/h2-3,6-7,12H,1,4-5,8-9H2. The summed E-state index contributed by atoms with van der Waals surface area (Å²) >= 11 is 0. The van der Waals surface area contributed by atoms with Crippen LogP contribution in [0.2, 0.25) is 12.1 Å². The number of rotatable bonds is 1. The van der Waals surface area contributed by atoms with Crippen LogP contribution in [0.5, 0.6) is 5.75 Å². The lowest BCUT2D eigenvalue weighted by Gasteiger charge is -2.20. The molecule has 1 N–H and O–H groups in total. The van der Waals surface area contributed by atoms with E-state index in [4.69, 9.17) is 0 Å². The van der Waals surface area contributed by atoms with Gasteiger partial charge in [-0.2, -0.15) is 0 Å². The zero-order chi connectivity index (χ0) is 9.10. The summed E-state index contributed by atoms with van der Waals surface area (Å²) in [5.74, 6) is 0.526. The summed E-state index contributed by atoms with van der Waals surface area (Å²) in [4.78, 5) is 0. The fraction of sp³-hybridized carbons (Fsp3) is 0.455. The van der Waals surface area contributed by atoms with E-state index < -0.39 is 8.80 Å². The molecule has 1 aliphatic heterocycles. The normalized spacial score (nSPS) is 18.8.